The lowest BCUT2D eigenvalue weighted by atomic mass is 10.3. The molecule has 0 aromatic heterocycles. The van der Waals surface area contributed by atoms with Gasteiger partial charge in [0.1, 0.15) is 0 Å². The number of nitrogens with two attached hydrogens (primary N) is 1. The van der Waals surface area contributed by atoms with E-state index in [-0.39, 0.29) is 0 Å². The average molecular weight is 204 g/mol. The molecule has 0 unspecified atom stereocenters. The van der Waals surface area contributed by atoms with Gasteiger partial charge in [-0.2, -0.15) is 0 Å². The summed E-state index contributed by atoms with van der Waals surface area (Å²) in [6.07, 6.45) is 1.96. The second-order valence-electron chi connectivity index (χ2n) is 3.05. The molecule has 2 N–H and O–H groups in total. The molecule has 0 fully saturated rings. The molecule has 0 spiro atoms. The van der Waals surface area contributed by atoms with Crippen LogP contribution in [0.5, 0.6) is 0 Å². The van der Waals surface area contributed by atoms with E-state index in [1.807, 2.05) is 0 Å². The molecule has 0 radical (unpaired) electrons. The number of nitrogens with zero attached hydrogens (tertiary/aromatic N) is 1. The maximum Gasteiger partial charge on any atom is 0.0740 e. The Morgan fingerprint density at radius 2 is 2.08 bits per heavy atom. The van der Waals surface area contributed by atoms with Crippen molar-refractivity contribution >= 4 is 17.2 Å². The largest absolute Gasteiger partial charge is 0.393 e. The van der Waals surface area contributed by atoms with Crippen LogP contribution in [-0.2, 0) is 4.74 Å². The molecule has 0 aromatic carbocycles. The van der Waals surface area contributed by atoms with Gasteiger partial charge in [0.05, 0.1) is 11.6 Å². The van der Waals surface area contributed by atoms with E-state index < -0.39 is 0 Å². The molecule has 0 aliphatic heterocycles. The average Bonchev–Trinajstić information content (AvgIpc) is 2.09. The van der Waals surface area contributed by atoms with E-state index in [2.05, 4.69) is 11.8 Å². The number of rotatable bonds is 8. The monoisotopic (exact) mass is 204 g/mol. The van der Waals surface area contributed by atoms with Crippen LogP contribution in [0.25, 0.3) is 0 Å². The van der Waals surface area contributed by atoms with Gasteiger partial charge >= 0.3 is 0 Å². The van der Waals surface area contributed by atoms with Crippen LogP contribution in [0, 0.1) is 0 Å². The van der Waals surface area contributed by atoms with Crippen molar-refractivity contribution in [1.82, 2.24) is 4.90 Å². The molecule has 3 nitrogen and oxygen atoms in total. The first-order valence-electron chi connectivity index (χ1n) is 4.70. The van der Waals surface area contributed by atoms with Crippen LogP contribution in [0.3, 0.4) is 0 Å². The molecule has 0 bridgehead atoms. The van der Waals surface area contributed by atoms with Crippen molar-refractivity contribution in [3.8, 4) is 0 Å². The topological polar surface area (TPSA) is 38.5 Å². The SMILES string of the molecule is CCCN(CCOC)CCC(N)=S. The van der Waals surface area contributed by atoms with Gasteiger partial charge in [0.15, 0.2) is 0 Å². The van der Waals surface area contributed by atoms with E-state index >= 15 is 0 Å². The third-order valence-electron chi connectivity index (χ3n) is 1.83. The van der Waals surface area contributed by atoms with Gasteiger partial charge in [-0.05, 0) is 13.0 Å². The van der Waals surface area contributed by atoms with Crippen molar-refractivity contribution in [3.05, 3.63) is 0 Å². The molecule has 0 atom stereocenters. The van der Waals surface area contributed by atoms with Gasteiger partial charge in [-0.15, -0.1) is 0 Å². The molecule has 0 saturated heterocycles. The van der Waals surface area contributed by atoms with E-state index in [1.165, 1.54) is 0 Å². The lowest BCUT2D eigenvalue weighted by Crippen LogP contribution is -2.31. The second kappa shape index (κ2) is 8.41. The van der Waals surface area contributed by atoms with Gasteiger partial charge in [0.2, 0.25) is 0 Å². The fraction of sp³-hybridized carbons (Fsp3) is 0.889. The molecular weight excluding hydrogens is 184 g/mol. The van der Waals surface area contributed by atoms with Crippen LogP contribution < -0.4 is 5.73 Å². The Balaban J connectivity index is 3.59. The van der Waals surface area contributed by atoms with Gasteiger partial charge < -0.3 is 15.4 Å². The summed E-state index contributed by atoms with van der Waals surface area (Å²) in [7, 11) is 1.72. The van der Waals surface area contributed by atoms with E-state index in [0.717, 1.165) is 39.1 Å². The Hall–Kier alpha value is -0.190. The Morgan fingerprint density at radius 1 is 1.38 bits per heavy atom. The third kappa shape index (κ3) is 8.15. The Morgan fingerprint density at radius 3 is 2.54 bits per heavy atom. The van der Waals surface area contributed by atoms with E-state index in [0.29, 0.717) is 4.99 Å². The number of hydrogen-bond donors (Lipinski definition) is 1. The number of methoxy groups -OCH3 is 1. The molecule has 0 aliphatic carbocycles. The van der Waals surface area contributed by atoms with Crippen LogP contribution in [0.1, 0.15) is 19.8 Å². The minimum atomic E-state index is 0.596. The summed E-state index contributed by atoms with van der Waals surface area (Å²) < 4.78 is 5.02. The van der Waals surface area contributed by atoms with Crippen molar-refractivity contribution in [2.45, 2.75) is 19.8 Å². The number of thiocarbonyl (C=S) groups is 1. The zero-order valence-electron chi connectivity index (χ0n) is 8.58. The standard InChI is InChI=1S/C9H20N2OS/c1-3-5-11(7-8-12-2)6-4-9(10)13/h3-8H2,1-2H3,(H2,10,13). The third-order valence-corrected chi connectivity index (χ3v) is 2.03. The highest BCUT2D eigenvalue weighted by Crippen LogP contribution is 1.94. The predicted molar refractivity (Wildman–Crippen MR) is 60.0 cm³/mol. The van der Waals surface area contributed by atoms with Crippen LogP contribution in [-0.4, -0.2) is 43.2 Å². The second-order valence-corrected chi connectivity index (χ2v) is 3.58. The highest BCUT2D eigenvalue weighted by molar-refractivity contribution is 7.80. The Bertz CT molecular complexity index is 142. The predicted octanol–water partition coefficient (Wildman–Crippen LogP) is 1.02. The van der Waals surface area contributed by atoms with Crippen molar-refractivity contribution in [1.29, 1.82) is 0 Å². The minimum absolute atomic E-state index is 0.596. The first-order valence-corrected chi connectivity index (χ1v) is 5.11. The molecular formula is C9H20N2OS. The van der Waals surface area contributed by atoms with Crippen molar-refractivity contribution in [2.24, 2.45) is 5.73 Å². The summed E-state index contributed by atoms with van der Waals surface area (Å²) in [5.74, 6) is 0. The molecule has 78 valence electrons. The van der Waals surface area contributed by atoms with Crippen LogP contribution >= 0.6 is 12.2 Å². The van der Waals surface area contributed by atoms with Gasteiger partial charge in [-0.25, -0.2) is 0 Å². The molecule has 0 amide bonds. The zero-order valence-corrected chi connectivity index (χ0v) is 9.40. The normalized spacial score (nSPS) is 10.7. The van der Waals surface area contributed by atoms with E-state index in [4.69, 9.17) is 22.7 Å². The highest BCUT2D eigenvalue weighted by Gasteiger charge is 2.03. The summed E-state index contributed by atoms with van der Waals surface area (Å²) >= 11 is 4.83. The Labute approximate surface area is 86.2 Å². The first-order chi connectivity index (χ1) is 6.20. The quantitative estimate of drug-likeness (QED) is 0.599. The van der Waals surface area contributed by atoms with Gasteiger partial charge in [-0.3, -0.25) is 0 Å². The molecule has 4 heteroatoms. The highest BCUT2D eigenvalue weighted by atomic mass is 32.1. The number of hydrogen-bond acceptors (Lipinski definition) is 3. The molecule has 0 heterocycles. The van der Waals surface area contributed by atoms with E-state index in [9.17, 15) is 0 Å². The van der Waals surface area contributed by atoms with Gasteiger partial charge in [0.25, 0.3) is 0 Å². The van der Waals surface area contributed by atoms with Crippen molar-refractivity contribution in [2.75, 3.05) is 33.4 Å². The first kappa shape index (κ1) is 12.8. The molecule has 0 saturated carbocycles. The van der Waals surface area contributed by atoms with Crippen LogP contribution in [0.4, 0.5) is 0 Å². The van der Waals surface area contributed by atoms with Crippen LogP contribution in [0.15, 0.2) is 0 Å². The fourth-order valence-corrected chi connectivity index (χ4v) is 1.23. The molecule has 0 aliphatic rings. The zero-order chi connectivity index (χ0) is 10.1. The fourth-order valence-electron chi connectivity index (χ4n) is 1.14. The summed E-state index contributed by atoms with van der Waals surface area (Å²) in [5, 5.41) is 0. The van der Waals surface area contributed by atoms with Crippen molar-refractivity contribution < 1.29 is 4.74 Å². The lowest BCUT2D eigenvalue weighted by Gasteiger charge is -2.20. The summed E-state index contributed by atoms with van der Waals surface area (Å²) in [5.41, 5.74) is 5.44. The maximum atomic E-state index is 5.44. The summed E-state index contributed by atoms with van der Waals surface area (Å²) in [4.78, 5) is 2.92. The molecule has 0 aromatic rings. The lowest BCUT2D eigenvalue weighted by molar-refractivity contribution is 0.149. The number of ether oxygens (including phenoxy) is 1. The van der Waals surface area contributed by atoms with Gasteiger partial charge in [-0.1, -0.05) is 19.1 Å². The minimum Gasteiger partial charge on any atom is -0.393 e. The van der Waals surface area contributed by atoms with Crippen molar-refractivity contribution in [3.63, 3.8) is 0 Å². The maximum absolute atomic E-state index is 5.44. The smallest absolute Gasteiger partial charge is 0.0740 e. The van der Waals surface area contributed by atoms with E-state index in [1.54, 1.807) is 7.11 Å². The molecule has 0 rings (SSSR count). The van der Waals surface area contributed by atoms with Crippen LogP contribution in [0.2, 0.25) is 0 Å². The summed E-state index contributed by atoms with van der Waals surface area (Å²) in [6.45, 7) is 5.95. The summed E-state index contributed by atoms with van der Waals surface area (Å²) in [6, 6.07) is 0. The molecule has 13 heavy (non-hydrogen) atoms. The van der Waals surface area contributed by atoms with Gasteiger partial charge in [0, 0.05) is 26.6 Å². The Kier molecular flexibility index (Phi) is 8.29.